The molecule has 1 fully saturated rings. The van der Waals surface area contributed by atoms with Gasteiger partial charge in [0.05, 0.1) is 18.9 Å². The first-order chi connectivity index (χ1) is 15.2. The first-order valence-electron chi connectivity index (χ1n) is 10.5. The summed E-state index contributed by atoms with van der Waals surface area (Å²) in [7, 11) is 0. The van der Waals surface area contributed by atoms with Gasteiger partial charge in [-0.1, -0.05) is 42.5 Å². The number of rotatable bonds is 7. The van der Waals surface area contributed by atoms with Crippen LogP contribution in [0.2, 0.25) is 0 Å². The minimum Gasteiger partial charge on any atom is -0.379 e. The molecule has 1 aromatic heterocycles. The number of carbonyl (C=O) groups is 1. The monoisotopic (exact) mass is 418 g/mol. The van der Waals surface area contributed by atoms with Crippen molar-refractivity contribution in [1.82, 2.24) is 14.7 Å². The zero-order valence-corrected chi connectivity index (χ0v) is 17.4. The summed E-state index contributed by atoms with van der Waals surface area (Å²) in [5.41, 5.74) is 3.15. The molecule has 7 heteroatoms. The van der Waals surface area contributed by atoms with Crippen molar-refractivity contribution in [3.8, 4) is 11.3 Å². The SMILES string of the molecule is O=C(Cn1nc(-c2ccccc2)ccc1=O)Nc1ccc(CCN2CCOCC2)cc1. The lowest BCUT2D eigenvalue weighted by molar-refractivity contribution is -0.117. The van der Waals surface area contributed by atoms with Crippen LogP contribution in [-0.2, 0) is 22.5 Å². The summed E-state index contributed by atoms with van der Waals surface area (Å²) in [5.74, 6) is -0.291. The second-order valence-corrected chi connectivity index (χ2v) is 7.53. The zero-order chi connectivity index (χ0) is 21.5. The van der Waals surface area contributed by atoms with Gasteiger partial charge in [-0.3, -0.25) is 14.5 Å². The first-order valence-corrected chi connectivity index (χ1v) is 10.5. The maximum atomic E-state index is 12.5. The molecule has 3 aromatic rings. The number of benzene rings is 2. The number of nitrogens with one attached hydrogen (secondary N) is 1. The maximum Gasteiger partial charge on any atom is 0.267 e. The molecule has 160 valence electrons. The Morgan fingerprint density at radius 1 is 0.968 bits per heavy atom. The fourth-order valence-electron chi connectivity index (χ4n) is 3.53. The summed E-state index contributed by atoms with van der Waals surface area (Å²) in [6.45, 7) is 4.42. The minimum atomic E-state index is -0.312. The summed E-state index contributed by atoms with van der Waals surface area (Å²) in [6.07, 6.45) is 0.958. The second-order valence-electron chi connectivity index (χ2n) is 7.53. The van der Waals surface area contributed by atoms with Gasteiger partial charge in [0.1, 0.15) is 6.54 Å². The van der Waals surface area contributed by atoms with Crippen LogP contribution in [0, 0.1) is 0 Å². The summed E-state index contributed by atoms with van der Waals surface area (Å²) in [6, 6.07) is 20.5. The van der Waals surface area contributed by atoms with Crippen LogP contribution in [-0.4, -0.2) is 53.4 Å². The van der Waals surface area contributed by atoms with E-state index in [2.05, 4.69) is 15.3 Å². The predicted octanol–water partition coefficient (Wildman–Crippen LogP) is 2.42. The molecular formula is C24H26N4O3. The lowest BCUT2D eigenvalue weighted by atomic mass is 10.1. The molecule has 1 aliphatic rings. The summed E-state index contributed by atoms with van der Waals surface area (Å²) < 4.78 is 6.56. The largest absolute Gasteiger partial charge is 0.379 e. The first kappa shape index (κ1) is 21.0. The molecule has 1 N–H and O–H groups in total. The number of hydrogen-bond donors (Lipinski definition) is 1. The Morgan fingerprint density at radius 2 is 1.71 bits per heavy atom. The summed E-state index contributed by atoms with van der Waals surface area (Å²) in [4.78, 5) is 27.0. The van der Waals surface area contributed by atoms with E-state index in [0.717, 1.165) is 44.8 Å². The highest BCUT2D eigenvalue weighted by molar-refractivity contribution is 5.90. The lowest BCUT2D eigenvalue weighted by Gasteiger charge is -2.26. The van der Waals surface area contributed by atoms with E-state index in [1.165, 1.54) is 16.3 Å². The lowest BCUT2D eigenvalue weighted by Crippen LogP contribution is -2.37. The third-order valence-corrected chi connectivity index (χ3v) is 5.29. The van der Waals surface area contributed by atoms with E-state index >= 15 is 0 Å². The highest BCUT2D eigenvalue weighted by Crippen LogP contribution is 2.14. The average molecular weight is 418 g/mol. The molecule has 1 aliphatic heterocycles. The topological polar surface area (TPSA) is 76.5 Å². The van der Waals surface area contributed by atoms with Crippen molar-refractivity contribution < 1.29 is 9.53 Å². The Morgan fingerprint density at radius 3 is 2.45 bits per heavy atom. The van der Waals surface area contributed by atoms with Gasteiger partial charge < -0.3 is 10.1 Å². The van der Waals surface area contributed by atoms with Gasteiger partial charge in [0.25, 0.3) is 5.56 Å². The van der Waals surface area contributed by atoms with Crippen LogP contribution in [0.25, 0.3) is 11.3 Å². The van der Waals surface area contributed by atoms with Gasteiger partial charge in [-0.15, -0.1) is 0 Å². The highest BCUT2D eigenvalue weighted by atomic mass is 16.5. The van der Waals surface area contributed by atoms with Crippen LogP contribution in [0.3, 0.4) is 0 Å². The van der Waals surface area contributed by atoms with Gasteiger partial charge >= 0.3 is 0 Å². The Labute approximate surface area is 181 Å². The van der Waals surface area contributed by atoms with Crippen LogP contribution in [0.1, 0.15) is 5.56 Å². The van der Waals surface area contributed by atoms with E-state index < -0.39 is 0 Å². The predicted molar refractivity (Wildman–Crippen MR) is 120 cm³/mol. The van der Waals surface area contributed by atoms with Crippen molar-refractivity contribution in [3.63, 3.8) is 0 Å². The fraction of sp³-hybridized carbons (Fsp3) is 0.292. The van der Waals surface area contributed by atoms with Crippen LogP contribution < -0.4 is 10.9 Å². The number of aromatic nitrogens is 2. The van der Waals surface area contributed by atoms with Crippen LogP contribution in [0.15, 0.2) is 71.5 Å². The third kappa shape index (κ3) is 5.87. The van der Waals surface area contributed by atoms with Crippen molar-refractivity contribution >= 4 is 11.6 Å². The Kier molecular flexibility index (Phi) is 6.86. The van der Waals surface area contributed by atoms with Crippen LogP contribution in [0.5, 0.6) is 0 Å². The number of nitrogens with zero attached hydrogens (tertiary/aromatic N) is 3. The molecular weight excluding hydrogens is 392 g/mol. The molecule has 31 heavy (non-hydrogen) atoms. The van der Waals surface area contributed by atoms with E-state index in [4.69, 9.17) is 4.74 Å². The van der Waals surface area contributed by atoms with E-state index in [1.54, 1.807) is 6.07 Å². The van der Waals surface area contributed by atoms with Crippen molar-refractivity contribution in [2.75, 3.05) is 38.2 Å². The average Bonchev–Trinajstić information content (AvgIpc) is 2.81. The van der Waals surface area contributed by atoms with Gasteiger partial charge in [-0.2, -0.15) is 5.10 Å². The van der Waals surface area contributed by atoms with Gasteiger partial charge in [-0.25, -0.2) is 4.68 Å². The third-order valence-electron chi connectivity index (χ3n) is 5.29. The Bertz CT molecular complexity index is 1060. The molecule has 2 heterocycles. The minimum absolute atomic E-state index is 0.141. The molecule has 1 saturated heterocycles. The molecule has 4 rings (SSSR count). The molecule has 0 saturated carbocycles. The number of amides is 1. The summed E-state index contributed by atoms with van der Waals surface area (Å²) >= 11 is 0. The number of hydrogen-bond acceptors (Lipinski definition) is 5. The van der Waals surface area contributed by atoms with E-state index in [9.17, 15) is 9.59 Å². The summed E-state index contributed by atoms with van der Waals surface area (Å²) in [5, 5.41) is 7.18. The normalized spacial score (nSPS) is 14.3. The zero-order valence-electron chi connectivity index (χ0n) is 17.4. The smallest absolute Gasteiger partial charge is 0.267 e. The quantitative estimate of drug-likeness (QED) is 0.638. The number of morpholine rings is 1. The van der Waals surface area contributed by atoms with E-state index in [0.29, 0.717) is 11.4 Å². The molecule has 1 amide bonds. The molecule has 0 atom stereocenters. The molecule has 0 aliphatic carbocycles. The molecule has 7 nitrogen and oxygen atoms in total. The number of anilines is 1. The maximum absolute atomic E-state index is 12.5. The van der Waals surface area contributed by atoms with Crippen molar-refractivity contribution in [2.24, 2.45) is 0 Å². The van der Waals surface area contributed by atoms with E-state index in [-0.39, 0.29) is 18.0 Å². The van der Waals surface area contributed by atoms with Gasteiger partial charge in [0, 0.05) is 37.0 Å². The molecule has 0 bridgehead atoms. The molecule has 0 radical (unpaired) electrons. The van der Waals surface area contributed by atoms with Crippen molar-refractivity contribution in [3.05, 3.63) is 82.6 Å². The Hall–Kier alpha value is -3.29. The van der Waals surface area contributed by atoms with E-state index in [1.807, 2.05) is 54.6 Å². The van der Waals surface area contributed by atoms with Crippen LogP contribution >= 0.6 is 0 Å². The van der Waals surface area contributed by atoms with Gasteiger partial charge in [0.15, 0.2) is 0 Å². The van der Waals surface area contributed by atoms with Gasteiger partial charge in [-0.05, 0) is 30.2 Å². The highest BCUT2D eigenvalue weighted by Gasteiger charge is 2.11. The van der Waals surface area contributed by atoms with Crippen molar-refractivity contribution in [1.29, 1.82) is 0 Å². The van der Waals surface area contributed by atoms with Crippen molar-refractivity contribution in [2.45, 2.75) is 13.0 Å². The standard InChI is InChI=1S/C24H26N4O3/c29-23(18-28-24(30)11-10-22(26-28)20-4-2-1-3-5-20)25-21-8-6-19(7-9-21)12-13-27-14-16-31-17-15-27/h1-11H,12-18H2,(H,25,29). The second kappa shape index (κ2) is 10.1. The van der Waals surface area contributed by atoms with Gasteiger partial charge in [0.2, 0.25) is 5.91 Å². The number of carbonyl (C=O) groups excluding carboxylic acids is 1. The van der Waals surface area contributed by atoms with Crippen LogP contribution in [0.4, 0.5) is 5.69 Å². The molecule has 0 unspecified atom stereocenters. The number of ether oxygens (including phenoxy) is 1. The fourth-order valence-corrected chi connectivity index (χ4v) is 3.53. The Balaban J connectivity index is 1.34. The molecule has 2 aromatic carbocycles. The molecule has 0 spiro atoms.